The van der Waals surface area contributed by atoms with Gasteiger partial charge in [0.15, 0.2) is 0 Å². The van der Waals surface area contributed by atoms with Gasteiger partial charge in [-0.05, 0) is 61.6 Å². The Morgan fingerprint density at radius 2 is 2.09 bits per heavy atom. The standard InChI is InChI=1S/C26H31FN4O/c1-3-25-28-10-13-30(25)12-9-26(32)31-11-5-7-22(18-31)24-17-21(14-19(2)29-24)15-20-6-4-8-23(27)16-20/h4,6,8,10,13-14,16-17,22H,3,5,7,9,11-12,15,18H2,1-2H3/t22-/m0/s1. The second-order valence-electron chi connectivity index (χ2n) is 8.67. The van der Waals surface area contributed by atoms with Crippen molar-refractivity contribution in [1.29, 1.82) is 0 Å². The van der Waals surface area contributed by atoms with E-state index in [1.165, 1.54) is 6.07 Å². The zero-order valence-corrected chi connectivity index (χ0v) is 18.9. The molecule has 5 nitrogen and oxygen atoms in total. The molecule has 1 aromatic carbocycles. The molecular formula is C26H31FN4O. The lowest BCUT2D eigenvalue weighted by Gasteiger charge is -2.33. The number of aromatic nitrogens is 3. The van der Waals surface area contributed by atoms with E-state index < -0.39 is 0 Å². The number of benzene rings is 1. The third-order valence-electron chi connectivity index (χ3n) is 6.21. The molecule has 0 spiro atoms. The number of piperidine rings is 1. The molecule has 1 amide bonds. The first kappa shape index (κ1) is 22.2. The minimum absolute atomic E-state index is 0.193. The van der Waals surface area contributed by atoms with Crippen LogP contribution in [0.1, 0.15) is 60.4 Å². The maximum Gasteiger partial charge on any atom is 0.224 e. The average Bonchev–Trinajstić information content (AvgIpc) is 3.25. The summed E-state index contributed by atoms with van der Waals surface area (Å²) >= 11 is 0. The fraction of sp³-hybridized carbons (Fsp3) is 0.423. The quantitative estimate of drug-likeness (QED) is 0.543. The Labute approximate surface area is 189 Å². The van der Waals surface area contributed by atoms with E-state index in [2.05, 4.69) is 28.6 Å². The van der Waals surface area contributed by atoms with Gasteiger partial charge in [-0.25, -0.2) is 9.37 Å². The third-order valence-corrected chi connectivity index (χ3v) is 6.21. The van der Waals surface area contributed by atoms with Crippen LogP contribution in [0.4, 0.5) is 4.39 Å². The molecule has 3 heterocycles. The monoisotopic (exact) mass is 434 g/mol. The molecule has 0 N–H and O–H groups in total. The number of aryl methyl sites for hydroxylation is 3. The first-order chi connectivity index (χ1) is 15.5. The van der Waals surface area contributed by atoms with Crippen LogP contribution in [0.3, 0.4) is 0 Å². The summed E-state index contributed by atoms with van der Waals surface area (Å²) in [5.74, 6) is 1.23. The minimum Gasteiger partial charge on any atom is -0.342 e. The number of carbonyl (C=O) groups excluding carboxylic acids is 1. The number of hydrogen-bond donors (Lipinski definition) is 0. The van der Waals surface area contributed by atoms with Gasteiger partial charge in [-0.3, -0.25) is 9.78 Å². The Kier molecular flexibility index (Phi) is 6.98. The van der Waals surface area contributed by atoms with E-state index in [0.29, 0.717) is 25.9 Å². The zero-order valence-electron chi connectivity index (χ0n) is 18.9. The maximum atomic E-state index is 13.6. The van der Waals surface area contributed by atoms with Crippen molar-refractivity contribution in [3.05, 3.63) is 82.9 Å². The number of pyridine rings is 1. The third kappa shape index (κ3) is 5.42. The lowest BCUT2D eigenvalue weighted by Crippen LogP contribution is -2.39. The van der Waals surface area contributed by atoms with Gasteiger partial charge >= 0.3 is 0 Å². The predicted molar refractivity (Wildman–Crippen MR) is 123 cm³/mol. The summed E-state index contributed by atoms with van der Waals surface area (Å²) in [6.45, 7) is 6.26. The molecule has 4 rings (SSSR count). The van der Waals surface area contributed by atoms with Gasteiger partial charge in [0.2, 0.25) is 5.91 Å². The lowest BCUT2D eigenvalue weighted by atomic mass is 9.92. The number of likely N-dealkylation sites (tertiary alicyclic amines) is 1. The predicted octanol–water partition coefficient (Wildman–Crippen LogP) is 4.68. The van der Waals surface area contributed by atoms with Crippen LogP contribution >= 0.6 is 0 Å². The first-order valence-electron chi connectivity index (χ1n) is 11.5. The molecule has 0 saturated carbocycles. The van der Waals surface area contributed by atoms with Crippen LogP contribution in [-0.4, -0.2) is 38.4 Å². The maximum absolute atomic E-state index is 13.6. The molecule has 2 aromatic heterocycles. The Morgan fingerprint density at radius 3 is 2.91 bits per heavy atom. The van der Waals surface area contributed by atoms with Gasteiger partial charge in [-0.1, -0.05) is 19.1 Å². The van der Waals surface area contributed by atoms with Crippen LogP contribution in [0.5, 0.6) is 0 Å². The zero-order chi connectivity index (χ0) is 22.5. The normalized spacial score (nSPS) is 16.3. The largest absolute Gasteiger partial charge is 0.342 e. The highest BCUT2D eigenvalue weighted by Gasteiger charge is 2.26. The van der Waals surface area contributed by atoms with Crippen molar-refractivity contribution in [3.8, 4) is 0 Å². The second kappa shape index (κ2) is 10.1. The van der Waals surface area contributed by atoms with Crippen LogP contribution in [0, 0.1) is 12.7 Å². The number of imidazole rings is 1. The van der Waals surface area contributed by atoms with Crippen molar-refractivity contribution in [1.82, 2.24) is 19.4 Å². The summed E-state index contributed by atoms with van der Waals surface area (Å²) in [5.41, 5.74) is 4.09. The van der Waals surface area contributed by atoms with E-state index in [1.807, 2.05) is 24.1 Å². The van der Waals surface area contributed by atoms with Gasteiger partial charge in [-0.15, -0.1) is 0 Å². The molecule has 1 saturated heterocycles. The van der Waals surface area contributed by atoms with Crippen LogP contribution < -0.4 is 0 Å². The molecule has 6 heteroatoms. The van der Waals surface area contributed by atoms with Crippen LogP contribution in [0.15, 0.2) is 48.8 Å². The van der Waals surface area contributed by atoms with Crippen LogP contribution in [0.2, 0.25) is 0 Å². The molecular weight excluding hydrogens is 403 g/mol. The van der Waals surface area contributed by atoms with Crippen molar-refractivity contribution in [2.45, 2.75) is 58.4 Å². The summed E-state index contributed by atoms with van der Waals surface area (Å²) in [5, 5.41) is 0. The van der Waals surface area contributed by atoms with Gasteiger partial charge in [0.1, 0.15) is 11.6 Å². The topological polar surface area (TPSA) is 51.0 Å². The van der Waals surface area contributed by atoms with Crippen LogP contribution in [0.25, 0.3) is 0 Å². The molecule has 0 radical (unpaired) electrons. The Morgan fingerprint density at radius 1 is 1.22 bits per heavy atom. The second-order valence-corrected chi connectivity index (χ2v) is 8.67. The van der Waals surface area contributed by atoms with Crippen molar-refractivity contribution < 1.29 is 9.18 Å². The Hall–Kier alpha value is -3.02. The lowest BCUT2D eigenvalue weighted by molar-refractivity contribution is -0.132. The van der Waals surface area contributed by atoms with Crippen molar-refractivity contribution in [2.24, 2.45) is 0 Å². The summed E-state index contributed by atoms with van der Waals surface area (Å²) in [6, 6.07) is 10.9. The van der Waals surface area contributed by atoms with Crippen molar-refractivity contribution in [2.75, 3.05) is 13.1 Å². The molecule has 168 valence electrons. The first-order valence-corrected chi connectivity index (χ1v) is 11.5. The van der Waals surface area contributed by atoms with E-state index in [1.54, 1.807) is 18.3 Å². The highest BCUT2D eigenvalue weighted by molar-refractivity contribution is 5.76. The van der Waals surface area contributed by atoms with Gasteiger partial charge in [0, 0.05) is 62.2 Å². The molecule has 32 heavy (non-hydrogen) atoms. The minimum atomic E-state index is -0.211. The van der Waals surface area contributed by atoms with Gasteiger partial charge in [0.05, 0.1) is 0 Å². The number of amides is 1. The molecule has 0 bridgehead atoms. The smallest absolute Gasteiger partial charge is 0.224 e. The van der Waals surface area contributed by atoms with Crippen molar-refractivity contribution in [3.63, 3.8) is 0 Å². The molecule has 1 aliphatic rings. The number of rotatable bonds is 7. The number of nitrogens with zero attached hydrogens (tertiary/aromatic N) is 4. The fourth-order valence-corrected chi connectivity index (χ4v) is 4.64. The summed E-state index contributed by atoms with van der Waals surface area (Å²) in [4.78, 5) is 24.0. The van der Waals surface area contributed by atoms with E-state index in [9.17, 15) is 9.18 Å². The molecule has 1 fully saturated rings. The Bertz CT molecular complexity index is 1080. The van der Waals surface area contributed by atoms with E-state index in [-0.39, 0.29) is 17.6 Å². The van der Waals surface area contributed by atoms with Gasteiger partial charge in [-0.2, -0.15) is 0 Å². The van der Waals surface area contributed by atoms with E-state index in [4.69, 9.17) is 4.98 Å². The highest BCUT2D eigenvalue weighted by Crippen LogP contribution is 2.27. The summed E-state index contributed by atoms with van der Waals surface area (Å²) < 4.78 is 15.6. The SMILES string of the molecule is CCc1nccn1CCC(=O)N1CCC[C@H](c2cc(Cc3cccc(F)c3)cc(C)n2)C1. The molecule has 0 unspecified atom stereocenters. The van der Waals surface area contributed by atoms with Gasteiger partial charge < -0.3 is 9.47 Å². The summed E-state index contributed by atoms with van der Waals surface area (Å²) in [7, 11) is 0. The van der Waals surface area contributed by atoms with Crippen molar-refractivity contribution >= 4 is 5.91 Å². The molecule has 0 aliphatic carbocycles. The highest BCUT2D eigenvalue weighted by atomic mass is 19.1. The Balaban J connectivity index is 1.42. The number of carbonyl (C=O) groups is 1. The molecule has 1 aliphatic heterocycles. The van der Waals surface area contributed by atoms with E-state index >= 15 is 0 Å². The van der Waals surface area contributed by atoms with Gasteiger partial charge in [0.25, 0.3) is 0 Å². The summed E-state index contributed by atoms with van der Waals surface area (Å²) in [6.07, 6.45) is 7.78. The number of halogens is 1. The number of hydrogen-bond acceptors (Lipinski definition) is 3. The average molecular weight is 435 g/mol. The van der Waals surface area contributed by atoms with E-state index in [0.717, 1.165) is 54.1 Å². The molecule has 1 atom stereocenters. The van der Waals surface area contributed by atoms with Crippen LogP contribution in [-0.2, 0) is 24.2 Å². The fourth-order valence-electron chi connectivity index (χ4n) is 4.64. The molecule has 3 aromatic rings.